The summed E-state index contributed by atoms with van der Waals surface area (Å²) >= 11 is 0. The second-order valence-corrected chi connectivity index (χ2v) is 5.29. The fraction of sp³-hybridized carbons (Fsp3) is 0.500. The summed E-state index contributed by atoms with van der Waals surface area (Å²) in [5.74, 6) is -0.366. The van der Waals surface area contributed by atoms with Crippen molar-refractivity contribution in [3.63, 3.8) is 0 Å². The number of aryl methyl sites for hydroxylation is 1. The predicted molar refractivity (Wildman–Crippen MR) is 67.1 cm³/mol. The van der Waals surface area contributed by atoms with Crippen LogP contribution in [0.4, 0.5) is 4.39 Å². The van der Waals surface area contributed by atoms with Crippen molar-refractivity contribution in [1.29, 1.82) is 0 Å². The van der Waals surface area contributed by atoms with Crippen LogP contribution in [-0.2, 0) is 4.74 Å². The number of carbonyl (C=O) groups excluding carboxylic acids is 1. The Bertz CT molecular complexity index is 471. The van der Waals surface area contributed by atoms with Crippen LogP contribution in [0.2, 0.25) is 0 Å². The van der Waals surface area contributed by atoms with E-state index in [0.29, 0.717) is 30.8 Å². The fourth-order valence-electron chi connectivity index (χ4n) is 2.23. The van der Waals surface area contributed by atoms with Crippen LogP contribution >= 0.6 is 0 Å². The SMILES string of the molecule is Cc1cc(F)ccc1C(=O)N1CCOC(C)(C)C1. The summed E-state index contributed by atoms with van der Waals surface area (Å²) in [6, 6.07) is 4.26. The van der Waals surface area contributed by atoms with Gasteiger partial charge in [0, 0.05) is 18.7 Å². The minimum Gasteiger partial charge on any atom is -0.372 e. The molecule has 1 aliphatic heterocycles. The molecule has 1 saturated heterocycles. The Morgan fingerprint density at radius 3 is 2.78 bits per heavy atom. The van der Waals surface area contributed by atoms with Gasteiger partial charge in [-0.1, -0.05) is 0 Å². The number of rotatable bonds is 1. The molecular formula is C14H18FNO2. The molecule has 1 amide bonds. The molecule has 0 saturated carbocycles. The van der Waals surface area contributed by atoms with E-state index in [0.717, 1.165) is 0 Å². The van der Waals surface area contributed by atoms with Gasteiger partial charge in [-0.15, -0.1) is 0 Å². The van der Waals surface area contributed by atoms with Crippen molar-refractivity contribution in [1.82, 2.24) is 4.90 Å². The number of benzene rings is 1. The normalized spacial score (nSPS) is 18.8. The van der Waals surface area contributed by atoms with Crippen molar-refractivity contribution in [2.75, 3.05) is 19.7 Å². The van der Waals surface area contributed by atoms with Gasteiger partial charge in [0.2, 0.25) is 0 Å². The molecule has 18 heavy (non-hydrogen) atoms. The lowest BCUT2D eigenvalue weighted by Crippen LogP contribution is -2.50. The van der Waals surface area contributed by atoms with Gasteiger partial charge in [0.25, 0.3) is 5.91 Å². The van der Waals surface area contributed by atoms with Crippen molar-refractivity contribution < 1.29 is 13.9 Å². The first-order chi connectivity index (χ1) is 8.39. The molecule has 1 aromatic rings. The second-order valence-electron chi connectivity index (χ2n) is 5.29. The molecule has 1 heterocycles. The first-order valence-electron chi connectivity index (χ1n) is 6.08. The van der Waals surface area contributed by atoms with Gasteiger partial charge in [-0.2, -0.15) is 0 Å². The number of ether oxygens (including phenoxy) is 1. The van der Waals surface area contributed by atoms with E-state index in [1.807, 2.05) is 13.8 Å². The van der Waals surface area contributed by atoms with Gasteiger partial charge >= 0.3 is 0 Å². The van der Waals surface area contributed by atoms with Crippen molar-refractivity contribution in [3.8, 4) is 0 Å². The molecule has 0 unspecified atom stereocenters. The molecule has 1 aliphatic rings. The molecule has 0 N–H and O–H groups in total. The summed E-state index contributed by atoms with van der Waals surface area (Å²) in [4.78, 5) is 14.1. The average molecular weight is 251 g/mol. The van der Waals surface area contributed by atoms with Gasteiger partial charge in [0.05, 0.1) is 12.2 Å². The number of carbonyl (C=O) groups is 1. The summed E-state index contributed by atoms with van der Waals surface area (Å²) in [6.45, 7) is 7.36. The quantitative estimate of drug-likeness (QED) is 0.767. The Hall–Kier alpha value is -1.42. The summed E-state index contributed by atoms with van der Waals surface area (Å²) < 4.78 is 18.6. The summed E-state index contributed by atoms with van der Waals surface area (Å²) in [7, 11) is 0. The lowest BCUT2D eigenvalue weighted by Gasteiger charge is -2.38. The zero-order valence-electron chi connectivity index (χ0n) is 11.0. The standard InChI is InChI=1S/C14H18FNO2/c1-10-8-11(15)4-5-12(10)13(17)16-6-7-18-14(2,3)9-16/h4-5,8H,6-7,9H2,1-3H3. The van der Waals surface area contributed by atoms with Crippen LogP contribution in [0.25, 0.3) is 0 Å². The van der Waals surface area contributed by atoms with Crippen LogP contribution in [-0.4, -0.2) is 36.1 Å². The van der Waals surface area contributed by atoms with E-state index in [1.54, 1.807) is 17.9 Å². The molecule has 0 spiro atoms. The number of hydrogen-bond acceptors (Lipinski definition) is 2. The Labute approximate surface area is 107 Å². The van der Waals surface area contributed by atoms with E-state index in [-0.39, 0.29) is 17.3 Å². The monoisotopic (exact) mass is 251 g/mol. The van der Waals surface area contributed by atoms with Crippen LogP contribution in [0.5, 0.6) is 0 Å². The van der Waals surface area contributed by atoms with Crippen LogP contribution < -0.4 is 0 Å². The Morgan fingerprint density at radius 2 is 2.17 bits per heavy atom. The van der Waals surface area contributed by atoms with Crippen molar-refractivity contribution in [2.45, 2.75) is 26.4 Å². The van der Waals surface area contributed by atoms with Gasteiger partial charge in [-0.05, 0) is 44.5 Å². The molecule has 1 aromatic carbocycles. The highest BCUT2D eigenvalue weighted by atomic mass is 19.1. The van der Waals surface area contributed by atoms with E-state index in [9.17, 15) is 9.18 Å². The van der Waals surface area contributed by atoms with E-state index >= 15 is 0 Å². The highest BCUT2D eigenvalue weighted by Crippen LogP contribution is 2.20. The fourth-order valence-corrected chi connectivity index (χ4v) is 2.23. The molecule has 0 bridgehead atoms. The van der Waals surface area contributed by atoms with Gasteiger partial charge < -0.3 is 9.64 Å². The minimum absolute atomic E-state index is 0.0520. The zero-order valence-corrected chi connectivity index (χ0v) is 11.0. The predicted octanol–water partition coefficient (Wildman–Crippen LogP) is 2.39. The van der Waals surface area contributed by atoms with E-state index < -0.39 is 0 Å². The van der Waals surface area contributed by atoms with Crippen molar-refractivity contribution >= 4 is 5.91 Å². The van der Waals surface area contributed by atoms with Gasteiger partial charge in [0.15, 0.2) is 0 Å². The van der Waals surface area contributed by atoms with Crippen molar-refractivity contribution in [3.05, 3.63) is 35.1 Å². The van der Waals surface area contributed by atoms with Gasteiger partial charge in [-0.25, -0.2) is 4.39 Å². The molecule has 4 heteroatoms. The van der Waals surface area contributed by atoms with Crippen LogP contribution in [0, 0.1) is 12.7 Å². The first-order valence-corrected chi connectivity index (χ1v) is 6.08. The Balaban J connectivity index is 2.20. The number of morpholine rings is 1. The molecule has 1 fully saturated rings. The lowest BCUT2D eigenvalue weighted by atomic mass is 10.0. The van der Waals surface area contributed by atoms with Crippen molar-refractivity contribution in [2.24, 2.45) is 0 Å². The maximum atomic E-state index is 13.0. The van der Waals surface area contributed by atoms with E-state index in [1.165, 1.54) is 12.1 Å². The highest BCUT2D eigenvalue weighted by Gasteiger charge is 2.30. The Morgan fingerprint density at radius 1 is 1.44 bits per heavy atom. The molecule has 2 rings (SSSR count). The smallest absolute Gasteiger partial charge is 0.254 e. The maximum Gasteiger partial charge on any atom is 0.254 e. The third-order valence-corrected chi connectivity index (χ3v) is 3.13. The van der Waals surface area contributed by atoms with Crippen LogP contribution in [0.15, 0.2) is 18.2 Å². The largest absolute Gasteiger partial charge is 0.372 e. The third kappa shape index (κ3) is 2.70. The molecule has 0 aromatic heterocycles. The third-order valence-electron chi connectivity index (χ3n) is 3.13. The summed E-state index contributed by atoms with van der Waals surface area (Å²) in [5, 5.41) is 0. The number of nitrogens with zero attached hydrogens (tertiary/aromatic N) is 1. The van der Waals surface area contributed by atoms with E-state index in [2.05, 4.69) is 0 Å². The van der Waals surface area contributed by atoms with Crippen LogP contribution in [0.1, 0.15) is 29.8 Å². The van der Waals surface area contributed by atoms with Gasteiger partial charge in [0.1, 0.15) is 5.82 Å². The van der Waals surface area contributed by atoms with Gasteiger partial charge in [-0.3, -0.25) is 4.79 Å². The molecule has 0 radical (unpaired) electrons. The van der Waals surface area contributed by atoms with E-state index in [4.69, 9.17) is 4.74 Å². The molecule has 0 aliphatic carbocycles. The average Bonchev–Trinajstić information content (AvgIpc) is 2.27. The molecule has 0 atom stereocenters. The van der Waals surface area contributed by atoms with Crippen LogP contribution in [0.3, 0.4) is 0 Å². The zero-order chi connectivity index (χ0) is 13.3. The summed E-state index contributed by atoms with van der Waals surface area (Å²) in [6.07, 6.45) is 0. The first kappa shape index (κ1) is 13.0. The maximum absolute atomic E-state index is 13.0. The second kappa shape index (κ2) is 4.69. The number of hydrogen-bond donors (Lipinski definition) is 0. The Kier molecular flexibility index (Phi) is 3.39. The lowest BCUT2D eigenvalue weighted by molar-refractivity contribution is -0.0764. The number of halogens is 1. The highest BCUT2D eigenvalue weighted by molar-refractivity contribution is 5.95. The molecule has 3 nitrogen and oxygen atoms in total. The summed E-state index contributed by atoms with van der Waals surface area (Å²) in [5.41, 5.74) is 0.917. The molecular weight excluding hydrogens is 233 g/mol. The topological polar surface area (TPSA) is 29.5 Å². The molecule has 98 valence electrons. The number of amides is 1. The minimum atomic E-state index is -0.318.